The maximum absolute atomic E-state index is 12.3. The zero-order chi connectivity index (χ0) is 12.5. The summed E-state index contributed by atoms with van der Waals surface area (Å²) in [5, 5.41) is 0. The molecule has 98 valence electrons. The Bertz CT molecular complexity index is 480. The van der Waals surface area contributed by atoms with Crippen LogP contribution in [0.2, 0.25) is 0 Å². The van der Waals surface area contributed by atoms with Gasteiger partial charge in [-0.15, -0.1) is 0 Å². The number of hydrogen-bond acceptors (Lipinski definition) is 4. The molecule has 1 saturated carbocycles. The van der Waals surface area contributed by atoms with Gasteiger partial charge in [0.25, 0.3) is 5.56 Å². The maximum Gasteiger partial charge on any atom is 0.293 e. The second kappa shape index (κ2) is 4.72. The summed E-state index contributed by atoms with van der Waals surface area (Å²) in [6.07, 6.45) is 7.98. The van der Waals surface area contributed by atoms with Gasteiger partial charge in [0.05, 0.1) is 0 Å². The largest absolute Gasteiger partial charge is 0.352 e. The minimum absolute atomic E-state index is 0.0772. The molecule has 1 atom stereocenters. The average molecular weight is 248 g/mol. The van der Waals surface area contributed by atoms with E-state index in [0.717, 1.165) is 45.3 Å². The lowest BCUT2D eigenvalue weighted by atomic mass is 10.1. The van der Waals surface area contributed by atoms with Crippen LogP contribution in [0.4, 0.5) is 5.82 Å². The van der Waals surface area contributed by atoms with E-state index in [1.165, 1.54) is 0 Å². The van der Waals surface area contributed by atoms with Crippen LogP contribution in [0.1, 0.15) is 31.7 Å². The summed E-state index contributed by atoms with van der Waals surface area (Å²) >= 11 is 0. The Balaban J connectivity index is 1.80. The van der Waals surface area contributed by atoms with Gasteiger partial charge >= 0.3 is 0 Å². The first-order valence-corrected chi connectivity index (χ1v) is 6.81. The van der Waals surface area contributed by atoms with Crippen LogP contribution in [0.5, 0.6) is 0 Å². The molecule has 0 spiro atoms. The van der Waals surface area contributed by atoms with E-state index >= 15 is 0 Å². The van der Waals surface area contributed by atoms with E-state index in [-0.39, 0.29) is 5.56 Å². The minimum Gasteiger partial charge on any atom is -0.352 e. The van der Waals surface area contributed by atoms with E-state index in [1.807, 2.05) is 10.8 Å². The number of nitrogens with zero attached hydrogens (tertiary/aromatic N) is 3. The van der Waals surface area contributed by atoms with Gasteiger partial charge in [-0.05, 0) is 38.1 Å². The van der Waals surface area contributed by atoms with Crippen molar-refractivity contribution >= 4 is 5.82 Å². The van der Waals surface area contributed by atoms with E-state index in [4.69, 9.17) is 5.73 Å². The average Bonchev–Trinajstić information content (AvgIpc) is 3.11. The monoisotopic (exact) mass is 248 g/mol. The lowest BCUT2D eigenvalue weighted by Crippen LogP contribution is -2.31. The number of hydrogen-bond donors (Lipinski definition) is 1. The molecule has 2 heterocycles. The van der Waals surface area contributed by atoms with E-state index in [9.17, 15) is 4.79 Å². The highest BCUT2D eigenvalue weighted by Gasteiger charge is 2.28. The number of nitrogens with two attached hydrogens (primary N) is 1. The summed E-state index contributed by atoms with van der Waals surface area (Å²) in [5.41, 5.74) is 5.67. The molecule has 0 amide bonds. The SMILES string of the molecule is NCCC1CCN(c2nccn(C3CC3)c2=O)C1. The van der Waals surface area contributed by atoms with Gasteiger partial charge in [0.2, 0.25) is 0 Å². The molecule has 5 nitrogen and oxygen atoms in total. The molecular formula is C13H20N4O. The molecule has 3 rings (SSSR count). The third kappa shape index (κ3) is 2.14. The fourth-order valence-electron chi connectivity index (χ4n) is 2.77. The second-order valence-corrected chi connectivity index (χ2v) is 5.37. The number of rotatable bonds is 4. The van der Waals surface area contributed by atoms with Gasteiger partial charge in [-0.1, -0.05) is 0 Å². The Hall–Kier alpha value is -1.36. The lowest BCUT2D eigenvalue weighted by Gasteiger charge is -2.17. The Morgan fingerprint density at radius 1 is 1.39 bits per heavy atom. The van der Waals surface area contributed by atoms with Gasteiger partial charge in [-0.25, -0.2) is 4.98 Å². The fourth-order valence-corrected chi connectivity index (χ4v) is 2.77. The topological polar surface area (TPSA) is 64.2 Å². The molecule has 1 aliphatic carbocycles. The molecule has 5 heteroatoms. The lowest BCUT2D eigenvalue weighted by molar-refractivity contribution is 0.545. The first kappa shape index (κ1) is 11.7. The van der Waals surface area contributed by atoms with Crippen molar-refractivity contribution in [3.05, 3.63) is 22.7 Å². The predicted octanol–water partition coefficient (Wildman–Crippen LogP) is 0.753. The van der Waals surface area contributed by atoms with Crippen LogP contribution in [0.15, 0.2) is 17.2 Å². The smallest absolute Gasteiger partial charge is 0.293 e. The van der Waals surface area contributed by atoms with Crippen molar-refractivity contribution < 1.29 is 0 Å². The van der Waals surface area contributed by atoms with Crippen molar-refractivity contribution in [3.63, 3.8) is 0 Å². The molecule has 2 N–H and O–H groups in total. The summed E-state index contributed by atoms with van der Waals surface area (Å²) < 4.78 is 1.85. The molecular weight excluding hydrogens is 228 g/mol. The maximum atomic E-state index is 12.3. The summed E-state index contributed by atoms with van der Waals surface area (Å²) in [6, 6.07) is 0.418. The highest BCUT2D eigenvalue weighted by molar-refractivity contribution is 5.37. The molecule has 18 heavy (non-hydrogen) atoms. The van der Waals surface area contributed by atoms with Crippen LogP contribution in [0, 0.1) is 5.92 Å². The highest BCUT2D eigenvalue weighted by Crippen LogP contribution is 2.33. The number of aromatic nitrogens is 2. The molecule has 0 radical (unpaired) electrons. The van der Waals surface area contributed by atoms with Gasteiger partial charge in [0.15, 0.2) is 5.82 Å². The van der Waals surface area contributed by atoms with E-state index < -0.39 is 0 Å². The van der Waals surface area contributed by atoms with Crippen LogP contribution in [0.25, 0.3) is 0 Å². The molecule has 0 bridgehead atoms. The summed E-state index contributed by atoms with van der Waals surface area (Å²) in [5.74, 6) is 1.25. The Morgan fingerprint density at radius 2 is 2.22 bits per heavy atom. The van der Waals surface area contributed by atoms with Crippen molar-refractivity contribution in [3.8, 4) is 0 Å². The number of anilines is 1. The normalized spacial score (nSPS) is 23.6. The fraction of sp³-hybridized carbons (Fsp3) is 0.692. The van der Waals surface area contributed by atoms with Crippen molar-refractivity contribution in [2.45, 2.75) is 31.7 Å². The van der Waals surface area contributed by atoms with Crippen molar-refractivity contribution in [2.75, 3.05) is 24.5 Å². The molecule has 1 aromatic rings. The van der Waals surface area contributed by atoms with Crippen LogP contribution in [-0.2, 0) is 0 Å². The van der Waals surface area contributed by atoms with Gasteiger partial charge in [0, 0.05) is 31.5 Å². The minimum atomic E-state index is 0.0772. The van der Waals surface area contributed by atoms with Crippen LogP contribution >= 0.6 is 0 Å². The summed E-state index contributed by atoms with van der Waals surface area (Å²) in [6.45, 7) is 2.59. The van der Waals surface area contributed by atoms with Gasteiger partial charge in [0.1, 0.15) is 0 Å². The Morgan fingerprint density at radius 3 is 2.94 bits per heavy atom. The summed E-state index contributed by atoms with van der Waals surface area (Å²) in [4.78, 5) is 18.7. The molecule has 1 aromatic heterocycles. The Labute approximate surface area is 107 Å². The van der Waals surface area contributed by atoms with E-state index in [0.29, 0.717) is 17.8 Å². The highest BCUT2D eigenvalue weighted by atomic mass is 16.1. The molecule has 1 unspecified atom stereocenters. The third-order valence-electron chi connectivity index (χ3n) is 3.95. The Kier molecular flexibility index (Phi) is 3.07. The zero-order valence-electron chi connectivity index (χ0n) is 10.6. The van der Waals surface area contributed by atoms with Crippen LogP contribution in [-0.4, -0.2) is 29.2 Å². The first-order chi connectivity index (χ1) is 8.79. The van der Waals surface area contributed by atoms with Crippen molar-refractivity contribution in [2.24, 2.45) is 11.7 Å². The van der Waals surface area contributed by atoms with Crippen LogP contribution < -0.4 is 16.2 Å². The third-order valence-corrected chi connectivity index (χ3v) is 3.95. The van der Waals surface area contributed by atoms with Gasteiger partial charge in [-0.2, -0.15) is 0 Å². The molecule has 2 aliphatic rings. The van der Waals surface area contributed by atoms with E-state index in [1.54, 1.807) is 6.20 Å². The van der Waals surface area contributed by atoms with Gasteiger partial charge in [-0.3, -0.25) is 4.79 Å². The first-order valence-electron chi connectivity index (χ1n) is 6.81. The summed E-state index contributed by atoms with van der Waals surface area (Å²) in [7, 11) is 0. The zero-order valence-corrected chi connectivity index (χ0v) is 10.6. The molecule has 1 saturated heterocycles. The second-order valence-electron chi connectivity index (χ2n) is 5.37. The standard InChI is InChI=1S/C13H20N4O/c14-5-3-10-4-7-16(9-10)12-13(18)17(8-6-15-12)11-1-2-11/h6,8,10-11H,1-5,7,9,14H2. The van der Waals surface area contributed by atoms with Crippen molar-refractivity contribution in [1.29, 1.82) is 0 Å². The molecule has 1 aliphatic heterocycles. The predicted molar refractivity (Wildman–Crippen MR) is 70.8 cm³/mol. The van der Waals surface area contributed by atoms with E-state index in [2.05, 4.69) is 9.88 Å². The quantitative estimate of drug-likeness (QED) is 0.854. The molecule has 0 aromatic carbocycles. The van der Waals surface area contributed by atoms with Crippen LogP contribution in [0.3, 0.4) is 0 Å². The van der Waals surface area contributed by atoms with Gasteiger partial charge < -0.3 is 15.2 Å². The molecule has 2 fully saturated rings. The van der Waals surface area contributed by atoms with Crippen molar-refractivity contribution in [1.82, 2.24) is 9.55 Å².